The van der Waals surface area contributed by atoms with Gasteiger partial charge in [-0.25, -0.2) is 13.8 Å². The number of rotatable bonds is 6. The Morgan fingerprint density at radius 1 is 1.35 bits per heavy atom. The van der Waals surface area contributed by atoms with Gasteiger partial charge in [0, 0.05) is 13.2 Å². The molecule has 1 aromatic carbocycles. The largest absolute Gasteiger partial charge is 0.379 e. The molecule has 0 atom stereocenters. The summed E-state index contributed by atoms with van der Waals surface area (Å²) in [6, 6.07) is 2.53. The minimum atomic E-state index is -0.893. The molecule has 3 nitrogen and oxygen atoms in total. The minimum absolute atomic E-state index is 0.139. The van der Waals surface area contributed by atoms with Gasteiger partial charge in [-0.3, -0.25) is 0 Å². The van der Waals surface area contributed by atoms with Gasteiger partial charge in [0.25, 0.3) is 0 Å². The van der Waals surface area contributed by atoms with Crippen LogP contribution >= 0.6 is 11.6 Å². The second kappa shape index (κ2) is 6.50. The first-order valence-corrected chi connectivity index (χ1v) is 7.04. The molecule has 0 unspecified atom stereocenters. The highest BCUT2D eigenvalue weighted by molar-refractivity contribution is 6.16. The predicted octanol–water partition coefficient (Wildman–Crippen LogP) is 3.73. The first-order chi connectivity index (χ1) is 9.54. The maximum Gasteiger partial charge on any atom is 0.184 e. The fourth-order valence-electron chi connectivity index (χ4n) is 2.02. The second-order valence-corrected chi connectivity index (χ2v) is 5.28. The standard InChI is InChI=1S/C14H17ClF2N2O/c1-9(2)8-20-6-5-19-12(7-15)18-11-4-3-10(16)13(17)14(11)19/h3-4,9H,5-8H2,1-2H3. The molecule has 0 spiro atoms. The third-order valence-corrected chi connectivity index (χ3v) is 3.15. The lowest BCUT2D eigenvalue weighted by molar-refractivity contribution is 0.103. The Labute approximate surface area is 121 Å². The molecule has 0 saturated carbocycles. The molecule has 0 bridgehead atoms. The number of halogens is 3. The van der Waals surface area contributed by atoms with Crippen LogP contribution in [-0.2, 0) is 17.2 Å². The number of aromatic nitrogens is 2. The Balaban J connectivity index is 2.27. The minimum Gasteiger partial charge on any atom is -0.379 e. The van der Waals surface area contributed by atoms with Crippen LogP contribution in [0, 0.1) is 17.6 Å². The normalized spacial score (nSPS) is 11.7. The van der Waals surface area contributed by atoms with Crippen LogP contribution in [0.2, 0.25) is 0 Å². The Kier molecular flexibility index (Phi) is 4.94. The van der Waals surface area contributed by atoms with E-state index in [0.717, 1.165) is 6.07 Å². The maximum atomic E-state index is 13.9. The van der Waals surface area contributed by atoms with Gasteiger partial charge in [-0.1, -0.05) is 13.8 Å². The number of hydrogen-bond acceptors (Lipinski definition) is 2. The van der Waals surface area contributed by atoms with Crippen LogP contribution in [0.5, 0.6) is 0 Å². The van der Waals surface area contributed by atoms with Crippen molar-refractivity contribution in [1.29, 1.82) is 0 Å². The fraction of sp³-hybridized carbons (Fsp3) is 0.500. The molecular formula is C14H17ClF2N2O. The van der Waals surface area contributed by atoms with Crippen molar-refractivity contribution in [2.75, 3.05) is 13.2 Å². The molecular weight excluding hydrogens is 286 g/mol. The lowest BCUT2D eigenvalue weighted by Crippen LogP contribution is -2.12. The van der Waals surface area contributed by atoms with Gasteiger partial charge >= 0.3 is 0 Å². The topological polar surface area (TPSA) is 27.1 Å². The lowest BCUT2D eigenvalue weighted by atomic mass is 10.2. The van der Waals surface area contributed by atoms with Gasteiger partial charge in [0.15, 0.2) is 11.6 Å². The van der Waals surface area contributed by atoms with E-state index in [-0.39, 0.29) is 11.4 Å². The summed E-state index contributed by atoms with van der Waals surface area (Å²) in [5, 5.41) is 0. The van der Waals surface area contributed by atoms with Gasteiger partial charge in [-0.05, 0) is 18.1 Å². The van der Waals surface area contributed by atoms with E-state index in [9.17, 15) is 8.78 Å². The Hall–Kier alpha value is -1.20. The Morgan fingerprint density at radius 3 is 2.75 bits per heavy atom. The number of ether oxygens (including phenoxy) is 1. The second-order valence-electron chi connectivity index (χ2n) is 5.01. The first kappa shape index (κ1) is 15.2. The average molecular weight is 303 g/mol. The molecule has 2 rings (SSSR count). The van der Waals surface area contributed by atoms with E-state index in [0.29, 0.717) is 37.0 Å². The number of imidazole rings is 1. The number of nitrogens with zero attached hydrogens (tertiary/aromatic N) is 2. The summed E-state index contributed by atoms with van der Waals surface area (Å²) in [4.78, 5) is 4.22. The van der Waals surface area contributed by atoms with E-state index >= 15 is 0 Å². The lowest BCUT2D eigenvalue weighted by Gasteiger charge is -2.10. The zero-order chi connectivity index (χ0) is 14.7. The van der Waals surface area contributed by atoms with Crippen molar-refractivity contribution in [1.82, 2.24) is 9.55 Å². The maximum absolute atomic E-state index is 13.9. The number of hydrogen-bond donors (Lipinski definition) is 0. The van der Waals surface area contributed by atoms with Gasteiger partial charge in [-0.15, -0.1) is 11.6 Å². The van der Waals surface area contributed by atoms with E-state index < -0.39 is 11.6 Å². The third-order valence-electron chi connectivity index (χ3n) is 2.91. The summed E-state index contributed by atoms with van der Waals surface area (Å²) in [6.45, 7) is 5.52. The third kappa shape index (κ3) is 3.10. The SMILES string of the molecule is CC(C)COCCn1c(CCl)nc2ccc(F)c(F)c21. The van der Waals surface area contributed by atoms with E-state index in [1.807, 2.05) is 13.8 Å². The van der Waals surface area contributed by atoms with E-state index in [1.165, 1.54) is 6.07 Å². The molecule has 20 heavy (non-hydrogen) atoms. The molecule has 0 saturated heterocycles. The average Bonchev–Trinajstić information content (AvgIpc) is 2.77. The number of alkyl halides is 1. The Bertz CT molecular complexity index is 598. The fourth-order valence-corrected chi connectivity index (χ4v) is 2.23. The highest BCUT2D eigenvalue weighted by Crippen LogP contribution is 2.22. The molecule has 1 aromatic heterocycles. The summed E-state index contributed by atoms with van der Waals surface area (Å²) >= 11 is 5.82. The molecule has 0 aliphatic rings. The predicted molar refractivity (Wildman–Crippen MR) is 74.9 cm³/mol. The first-order valence-electron chi connectivity index (χ1n) is 6.51. The van der Waals surface area contributed by atoms with Gasteiger partial charge in [0.05, 0.1) is 18.0 Å². The van der Waals surface area contributed by atoms with Crippen molar-refractivity contribution in [2.24, 2.45) is 5.92 Å². The quantitative estimate of drug-likeness (QED) is 0.600. The molecule has 1 heterocycles. The monoisotopic (exact) mass is 302 g/mol. The summed E-state index contributed by atoms with van der Waals surface area (Å²) in [5.41, 5.74) is 0.553. The van der Waals surface area contributed by atoms with Gasteiger partial charge in [-0.2, -0.15) is 0 Å². The molecule has 0 aliphatic heterocycles. The van der Waals surface area contributed by atoms with Crippen LogP contribution in [0.3, 0.4) is 0 Å². The van der Waals surface area contributed by atoms with Crippen molar-refractivity contribution in [3.63, 3.8) is 0 Å². The summed E-state index contributed by atoms with van der Waals surface area (Å²) < 4.78 is 34.3. The van der Waals surface area contributed by atoms with Gasteiger partial charge in [0.2, 0.25) is 0 Å². The molecule has 0 fully saturated rings. The van der Waals surface area contributed by atoms with Crippen LogP contribution in [0.25, 0.3) is 11.0 Å². The highest BCUT2D eigenvalue weighted by atomic mass is 35.5. The van der Waals surface area contributed by atoms with Crippen LogP contribution < -0.4 is 0 Å². The van der Waals surface area contributed by atoms with E-state index in [4.69, 9.17) is 16.3 Å². The van der Waals surface area contributed by atoms with Gasteiger partial charge < -0.3 is 9.30 Å². The number of benzene rings is 1. The van der Waals surface area contributed by atoms with Crippen LogP contribution in [0.15, 0.2) is 12.1 Å². The van der Waals surface area contributed by atoms with Crippen molar-refractivity contribution in [3.05, 3.63) is 29.6 Å². The summed E-state index contributed by atoms with van der Waals surface area (Å²) in [5.74, 6) is -0.700. The van der Waals surface area contributed by atoms with Crippen LogP contribution in [0.4, 0.5) is 8.78 Å². The van der Waals surface area contributed by atoms with E-state index in [1.54, 1.807) is 4.57 Å². The molecule has 6 heteroatoms. The van der Waals surface area contributed by atoms with Crippen molar-refractivity contribution in [3.8, 4) is 0 Å². The zero-order valence-electron chi connectivity index (χ0n) is 11.5. The van der Waals surface area contributed by atoms with Crippen LogP contribution in [0.1, 0.15) is 19.7 Å². The molecule has 0 aliphatic carbocycles. The van der Waals surface area contributed by atoms with Crippen molar-refractivity contribution >= 4 is 22.6 Å². The van der Waals surface area contributed by atoms with Gasteiger partial charge in [0.1, 0.15) is 11.3 Å². The Morgan fingerprint density at radius 2 is 2.10 bits per heavy atom. The molecule has 0 N–H and O–H groups in total. The van der Waals surface area contributed by atoms with Crippen molar-refractivity contribution < 1.29 is 13.5 Å². The summed E-state index contributed by atoms with van der Waals surface area (Å²) in [6.07, 6.45) is 0. The smallest absolute Gasteiger partial charge is 0.184 e. The van der Waals surface area contributed by atoms with Crippen LogP contribution in [-0.4, -0.2) is 22.8 Å². The number of fused-ring (bicyclic) bond motifs is 1. The molecule has 0 amide bonds. The molecule has 2 aromatic rings. The van der Waals surface area contributed by atoms with Crippen molar-refractivity contribution in [2.45, 2.75) is 26.3 Å². The molecule has 0 radical (unpaired) electrons. The zero-order valence-corrected chi connectivity index (χ0v) is 12.3. The summed E-state index contributed by atoms with van der Waals surface area (Å²) in [7, 11) is 0. The van der Waals surface area contributed by atoms with E-state index in [2.05, 4.69) is 4.98 Å². The highest BCUT2D eigenvalue weighted by Gasteiger charge is 2.16. The molecule has 110 valence electrons.